The molecule has 0 amide bonds. The highest BCUT2D eigenvalue weighted by Crippen LogP contribution is 2.41. The molecule has 1 aliphatic heterocycles. The molecule has 1 heterocycles. The fourth-order valence-corrected chi connectivity index (χ4v) is 3.57. The number of hydrogen-bond acceptors (Lipinski definition) is 4. The topological polar surface area (TPSA) is 61.8 Å². The van der Waals surface area contributed by atoms with E-state index in [0.717, 1.165) is 45.4 Å². The van der Waals surface area contributed by atoms with Crippen LogP contribution in [0.5, 0.6) is 0 Å². The number of nitrogens with zero attached hydrogens (tertiary/aromatic N) is 1. The molecule has 1 saturated heterocycles. The Hall–Kier alpha value is -0.650. The smallest absolute Gasteiger partial charge is 0.325 e. The quantitative estimate of drug-likeness (QED) is 0.714. The van der Waals surface area contributed by atoms with E-state index in [1.165, 1.54) is 0 Å². The van der Waals surface area contributed by atoms with Crippen molar-refractivity contribution in [3.05, 3.63) is 0 Å². The van der Waals surface area contributed by atoms with E-state index in [-0.39, 0.29) is 18.1 Å². The molecule has 2 rings (SSSR count). The van der Waals surface area contributed by atoms with Crippen LogP contribution in [0.1, 0.15) is 46.5 Å². The Morgan fingerprint density at radius 3 is 2.67 bits per heavy atom. The maximum atomic E-state index is 12.0. The highest BCUT2D eigenvalue weighted by molar-refractivity contribution is 5.80. The number of carboxylic acid groups (broad SMARTS) is 1. The van der Waals surface area contributed by atoms with Gasteiger partial charge in [0.2, 0.25) is 0 Å². The molecule has 0 aromatic carbocycles. The predicted octanol–water partition coefficient (Wildman–Crippen LogP) is 1.72. The molecule has 0 bridgehead atoms. The minimum absolute atomic E-state index is 0.175. The summed E-state index contributed by atoms with van der Waals surface area (Å²) in [4.78, 5) is 14.3. The first-order chi connectivity index (χ1) is 9.98. The fourth-order valence-electron chi connectivity index (χ4n) is 3.57. The number of carboxylic acids is 1. The van der Waals surface area contributed by atoms with E-state index < -0.39 is 11.5 Å². The van der Waals surface area contributed by atoms with Crippen molar-refractivity contribution in [2.24, 2.45) is 5.92 Å². The van der Waals surface area contributed by atoms with Gasteiger partial charge in [0, 0.05) is 25.7 Å². The Labute approximate surface area is 128 Å². The SMILES string of the molecule is CCOC1CCCN(CC(NC(C)C)(C(=O)O)C2CC2)C1. The highest BCUT2D eigenvalue weighted by Gasteiger charge is 2.52. The molecular formula is C16H30N2O3. The van der Waals surface area contributed by atoms with E-state index in [0.29, 0.717) is 6.54 Å². The molecular weight excluding hydrogens is 268 g/mol. The van der Waals surface area contributed by atoms with Gasteiger partial charge in [0.15, 0.2) is 0 Å². The van der Waals surface area contributed by atoms with Gasteiger partial charge >= 0.3 is 5.97 Å². The number of rotatable bonds is 8. The first-order valence-corrected chi connectivity index (χ1v) is 8.33. The molecule has 21 heavy (non-hydrogen) atoms. The lowest BCUT2D eigenvalue weighted by Gasteiger charge is -2.40. The zero-order chi connectivity index (χ0) is 15.5. The monoisotopic (exact) mass is 298 g/mol. The second kappa shape index (κ2) is 7.07. The van der Waals surface area contributed by atoms with Crippen molar-refractivity contribution in [2.75, 3.05) is 26.2 Å². The van der Waals surface area contributed by atoms with Crippen molar-refractivity contribution < 1.29 is 14.6 Å². The van der Waals surface area contributed by atoms with Crippen LogP contribution in [0.15, 0.2) is 0 Å². The molecule has 5 nitrogen and oxygen atoms in total. The van der Waals surface area contributed by atoms with Gasteiger partial charge in [-0.05, 0) is 58.9 Å². The molecule has 0 aromatic heterocycles. The summed E-state index contributed by atoms with van der Waals surface area (Å²) in [7, 11) is 0. The molecule has 0 spiro atoms. The minimum Gasteiger partial charge on any atom is -0.480 e. The number of likely N-dealkylation sites (tertiary alicyclic amines) is 1. The van der Waals surface area contributed by atoms with Crippen LogP contribution in [0.25, 0.3) is 0 Å². The van der Waals surface area contributed by atoms with Gasteiger partial charge in [-0.25, -0.2) is 0 Å². The largest absolute Gasteiger partial charge is 0.480 e. The second-order valence-electron chi connectivity index (χ2n) is 6.80. The number of nitrogens with one attached hydrogen (secondary N) is 1. The molecule has 2 unspecified atom stereocenters. The lowest BCUT2D eigenvalue weighted by molar-refractivity contribution is -0.148. The van der Waals surface area contributed by atoms with E-state index >= 15 is 0 Å². The van der Waals surface area contributed by atoms with Gasteiger partial charge in [0.1, 0.15) is 5.54 Å². The number of carbonyl (C=O) groups is 1. The molecule has 5 heteroatoms. The van der Waals surface area contributed by atoms with Crippen LogP contribution in [0.3, 0.4) is 0 Å². The molecule has 2 atom stereocenters. The van der Waals surface area contributed by atoms with Gasteiger partial charge in [0.25, 0.3) is 0 Å². The van der Waals surface area contributed by atoms with Crippen LogP contribution in [0.4, 0.5) is 0 Å². The van der Waals surface area contributed by atoms with Crippen molar-refractivity contribution in [2.45, 2.75) is 64.1 Å². The third-order valence-electron chi connectivity index (χ3n) is 4.54. The van der Waals surface area contributed by atoms with Gasteiger partial charge in [0.05, 0.1) is 6.10 Å². The summed E-state index contributed by atoms with van der Waals surface area (Å²) in [5, 5.41) is 13.2. The summed E-state index contributed by atoms with van der Waals surface area (Å²) in [6.45, 7) is 9.23. The van der Waals surface area contributed by atoms with Gasteiger partial charge < -0.3 is 9.84 Å². The van der Waals surface area contributed by atoms with Gasteiger partial charge in [-0.1, -0.05) is 0 Å². The van der Waals surface area contributed by atoms with E-state index in [4.69, 9.17) is 4.74 Å². The molecule has 0 aromatic rings. The summed E-state index contributed by atoms with van der Waals surface area (Å²) in [5.41, 5.74) is -0.789. The fraction of sp³-hybridized carbons (Fsp3) is 0.938. The summed E-state index contributed by atoms with van der Waals surface area (Å²) >= 11 is 0. The van der Waals surface area contributed by atoms with Crippen LogP contribution in [-0.2, 0) is 9.53 Å². The first kappa shape index (κ1) is 16.7. The Kier molecular flexibility index (Phi) is 5.63. The van der Waals surface area contributed by atoms with Crippen molar-refractivity contribution >= 4 is 5.97 Å². The Balaban J connectivity index is 2.05. The molecule has 1 saturated carbocycles. The number of aliphatic carboxylic acids is 1. The molecule has 2 fully saturated rings. The van der Waals surface area contributed by atoms with Gasteiger partial charge in [-0.3, -0.25) is 15.0 Å². The zero-order valence-corrected chi connectivity index (χ0v) is 13.6. The van der Waals surface area contributed by atoms with E-state index in [9.17, 15) is 9.90 Å². The summed E-state index contributed by atoms with van der Waals surface area (Å²) in [5.74, 6) is -0.429. The molecule has 2 N–H and O–H groups in total. The second-order valence-corrected chi connectivity index (χ2v) is 6.80. The van der Waals surface area contributed by atoms with Crippen molar-refractivity contribution in [1.29, 1.82) is 0 Å². The Morgan fingerprint density at radius 1 is 1.43 bits per heavy atom. The molecule has 1 aliphatic carbocycles. The van der Waals surface area contributed by atoms with Gasteiger partial charge in [-0.2, -0.15) is 0 Å². The Morgan fingerprint density at radius 2 is 2.14 bits per heavy atom. The maximum absolute atomic E-state index is 12.0. The number of ether oxygens (including phenoxy) is 1. The molecule has 122 valence electrons. The summed E-state index contributed by atoms with van der Waals surface area (Å²) < 4.78 is 5.74. The Bertz CT molecular complexity index is 355. The average Bonchev–Trinajstić information content (AvgIpc) is 3.22. The van der Waals surface area contributed by atoms with Crippen LogP contribution in [-0.4, -0.2) is 59.9 Å². The van der Waals surface area contributed by atoms with Crippen molar-refractivity contribution in [3.8, 4) is 0 Å². The van der Waals surface area contributed by atoms with Crippen LogP contribution in [0.2, 0.25) is 0 Å². The van der Waals surface area contributed by atoms with E-state index in [1.54, 1.807) is 0 Å². The van der Waals surface area contributed by atoms with E-state index in [1.807, 2.05) is 20.8 Å². The number of piperidine rings is 1. The molecule has 2 aliphatic rings. The average molecular weight is 298 g/mol. The normalized spacial score (nSPS) is 26.8. The maximum Gasteiger partial charge on any atom is 0.325 e. The van der Waals surface area contributed by atoms with Crippen LogP contribution < -0.4 is 5.32 Å². The third kappa shape index (κ3) is 4.18. The van der Waals surface area contributed by atoms with Crippen LogP contribution in [0, 0.1) is 5.92 Å². The zero-order valence-electron chi connectivity index (χ0n) is 13.6. The summed E-state index contributed by atoms with van der Waals surface area (Å²) in [6, 6.07) is 0.175. The standard InChI is InChI=1S/C16H30N2O3/c1-4-21-14-6-5-9-18(10-14)11-16(15(19)20,13-7-8-13)17-12(2)3/h12-14,17H,4-11H2,1-3H3,(H,19,20). The lowest BCUT2D eigenvalue weighted by atomic mass is 9.90. The van der Waals surface area contributed by atoms with Crippen LogP contribution >= 0.6 is 0 Å². The van der Waals surface area contributed by atoms with E-state index in [2.05, 4.69) is 10.2 Å². The third-order valence-corrected chi connectivity index (χ3v) is 4.54. The van der Waals surface area contributed by atoms with Crippen molar-refractivity contribution in [1.82, 2.24) is 10.2 Å². The lowest BCUT2D eigenvalue weighted by Crippen LogP contribution is -2.63. The van der Waals surface area contributed by atoms with Crippen molar-refractivity contribution in [3.63, 3.8) is 0 Å². The van der Waals surface area contributed by atoms with Gasteiger partial charge in [-0.15, -0.1) is 0 Å². The number of hydrogen-bond donors (Lipinski definition) is 2. The predicted molar refractivity (Wildman–Crippen MR) is 82.5 cm³/mol. The summed E-state index contributed by atoms with van der Waals surface area (Å²) in [6.07, 6.45) is 4.48. The first-order valence-electron chi connectivity index (χ1n) is 8.33. The minimum atomic E-state index is -0.789. The highest BCUT2D eigenvalue weighted by atomic mass is 16.5. The molecule has 0 radical (unpaired) electrons.